The van der Waals surface area contributed by atoms with Crippen LogP contribution in [0.25, 0.3) is 0 Å². The number of thiazole rings is 1. The fraction of sp³-hybridized carbons (Fsp3) is 0.231. The van der Waals surface area contributed by atoms with E-state index in [4.69, 9.17) is 5.73 Å². The highest BCUT2D eigenvalue weighted by Gasteiger charge is 2.15. The number of aryl methyl sites for hydroxylation is 1. The third kappa shape index (κ3) is 3.54. The van der Waals surface area contributed by atoms with E-state index in [1.165, 1.54) is 29.5 Å². The van der Waals surface area contributed by atoms with E-state index >= 15 is 0 Å². The number of hydrogen-bond acceptors (Lipinski definition) is 6. The largest absolute Gasteiger partial charge is 0.398 e. The number of hydrogen-bond donors (Lipinski definition) is 2. The molecule has 0 aliphatic heterocycles. The standard InChI is InChI=1S/C13H14N4O3S/c1-2-9-6-15-12(21-9)7-16-13(18)10-5-8(17(19)20)3-4-11(10)14/h3-6H,2,7,14H2,1H3,(H,16,18). The molecule has 1 aromatic carbocycles. The van der Waals surface area contributed by atoms with Gasteiger partial charge in [-0.25, -0.2) is 4.98 Å². The molecule has 0 aliphatic rings. The summed E-state index contributed by atoms with van der Waals surface area (Å²) in [4.78, 5) is 27.5. The molecule has 0 aliphatic carbocycles. The van der Waals surface area contributed by atoms with Crippen molar-refractivity contribution in [1.29, 1.82) is 0 Å². The highest BCUT2D eigenvalue weighted by molar-refractivity contribution is 7.11. The lowest BCUT2D eigenvalue weighted by Crippen LogP contribution is -2.23. The molecule has 0 saturated heterocycles. The second kappa shape index (κ2) is 6.31. The van der Waals surface area contributed by atoms with Crippen LogP contribution in [0.5, 0.6) is 0 Å². The Labute approximate surface area is 125 Å². The van der Waals surface area contributed by atoms with Gasteiger partial charge in [-0.3, -0.25) is 14.9 Å². The first-order valence-corrected chi connectivity index (χ1v) is 7.08. The summed E-state index contributed by atoms with van der Waals surface area (Å²) in [5.74, 6) is -0.454. The maximum atomic E-state index is 12.1. The second-order valence-corrected chi connectivity index (χ2v) is 5.48. The summed E-state index contributed by atoms with van der Waals surface area (Å²) in [6.07, 6.45) is 2.66. The zero-order chi connectivity index (χ0) is 15.4. The molecule has 7 nitrogen and oxygen atoms in total. The van der Waals surface area contributed by atoms with E-state index in [1.54, 1.807) is 6.20 Å². The molecule has 110 valence electrons. The van der Waals surface area contributed by atoms with Crippen LogP contribution >= 0.6 is 11.3 Å². The average Bonchev–Trinajstić information content (AvgIpc) is 2.93. The predicted molar refractivity (Wildman–Crippen MR) is 80.2 cm³/mol. The average molecular weight is 306 g/mol. The van der Waals surface area contributed by atoms with Gasteiger partial charge in [-0.05, 0) is 12.5 Å². The van der Waals surface area contributed by atoms with E-state index in [9.17, 15) is 14.9 Å². The normalized spacial score (nSPS) is 10.3. The van der Waals surface area contributed by atoms with Crippen molar-refractivity contribution in [3.8, 4) is 0 Å². The van der Waals surface area contributed by atoms with Crippen LogP contribution in [0.4, 0.5) is 11.4 Å². The van der Waals surface area contributed by atoms with E-state index in [0.717, 1.165) is 16.3 Å². The maximum Gasteiger partial charge on any atom is 0.270 e. The van der Waals surface area contributed by atoms with Gasteiger partial charge in [-0.15, -0.1) is 11.3 Å². The van der Waals surface area contributed by atoms with Crippen LogP contribution in [0.3, 0.4) is 0 Å². The molecule has 1 heterocycles. The van der Waals surface area contributed by atoms with Crippen LogP contribution in [-0.4, -0.2) is 15.8 Å². The number of nitrogens with two attached hydrogens (primary N) is 1. The zero-order valence-corrected chi connectivity index (χ0v) is 12.1. The lowest BCUT2D eigenvalue weighted by molar-refractivity contribution is -0.384. The predicted octanol–water partition coefficient (Wildman–Crippen LogP) is 2.13. The van der Waals surface area contributed by atoms with E-state index in [-0.39, 0.29) is 23.5 Å². The van der Waals surface area contributed by atoms with Crippen molar-refractivity contribution in [2.45, 2.75) is 19.9 Å². The number of nitrogens with one attached hydrogen (secondary N) is 1. The van der Waals surface area contributed by atoms with Gasteiger partial charge in [0.05, 0.1) is 17.0 Å². The Balaban J connectivity index is 2.09. The molecule has 0 saturated carbocycles. The Hall–Kier alpha value is -2.48. The Morgan fingerprint density at radius 3 is 2.90 bits per heavy atom. The number of amides is 1. The quantitative estimate of drug-likeness (QED) is 0.499. The summed E-state index contributed by atoms with van der Waals surface area (Å²) in [6, 6.07) is 3.79. The summed E-state index contributed by atoms with van der Waals surface area (Å²) in [5, 5.41) is 14.2. The van der Waals surface area contributed by atoms with Crippen molar-refractivity contribution in [3.63, 3.8) is 0 Å². The summed E-state index contributed by atoms with van der Waals surface area (Å²) in [5.41, 5.74) is 5.81. The number of nitro benzene ring substituents is 1. The molecule has 0 radical (unpaired) electrons. The van der Waals surface area contributed by atoms with Crippen molar-refractivity contribution >= 4 is 28.6 Å². The number of nitrogens with zero attached hydrogens (tertiary/aromatic N) is 2. The van der Waals surface area contributed by atoms with Crippen LogP contribution in [0.2, 0.25) is 0 Å². The second-order valence-electron chi connectivity index (χ2n) is 4.29. The molecule has 2 aromatic rings. The van der Waals surface area contributed by atoms with Gasteiger partial charge in [-0.1, -0.05) is 6.92 Å². The lowest BCUT2D eigenvalue weighted by Gasteiger charge is -2.06. The van der Waals surface area contributed by atoms with Crippen molar-refractivity contribution < 1.29 is 9.72 Å². The SMILES string of the molecule is CCc1cnc(CNC(=O)c2cc([N+](=O)[O-])ccc2N)s1. The van der Waals surface area contributed by atoms with Gasteiger partial charge in [0.25, 0.3) is 11.6 Å². The monoisotopic (exact) mass is 306 g/mol. The number of nitrogen functional groups attached to an aromatic ring is 1. The molecule has 2 rings (SSSR count). The number of aromatic nitrogens is 1. The van der Waals surface area contributed by atoms with Crippen molar-refractivity contribution in [1.82, 2.24) is 10.3 Å². The first-order chi connectivity index (χ1) is 10.0. The van der Waals surface area contributed by atoms with E-state index in [1.807, 2.05) is 6.92 Å². The van der Waals surface area contributed by atoms with Gasteiger partial charge in [0.15, 0.2) is 0 Å². The zero-order valence-electron chi connectivity index (χ0n) is 11.3. The number of carbonyl (C=O) groups excluding carboxylic acids is 1. The minimum absolute atomic E-state index is 0.0940. The van der Waals surface area contributed by atoms with Gasteiger partial charge in [0.2, 0.25) is 0 Å². The molecule has 0 bridgehead atoms. The van der Waals surface area contributed by atoms with Gasteiger partial charge in [0, 0.05) is 28.9 Å². The van der Waals surface area contributed by atoms with E-state index < -0.39 is 10.8 Å². The van der Waals surface area contributed by atoms with Crippen molar-refractivity contribution in [2.75, 3.05) is 5.73 Å². The van der Waals surface area contributed by atoms with Crippen LogP contribution < -0.4 is 11.1 Å². The van der Waals surface area contributed by atoms with Gasteiger partial charge < -0.3 is 11.1 Å². The fourth-order valence-electron chi connectivity index (χ4n) is 1.70. The van der Waals surface area contributed by atoms with Gasteiger partial charge in [0.1, 0.15) is 5.01 Å². The molecular formula is C13H14N4O3S. The highest BCUT2D eigenvalue weighted by Crippen LogP contribution is 2.20. The minimum atomic E-state index is -0.565. The summed E-state index contributed by atoms with van der Waals surface area (Å²) >= 11 is 1.52. The van der Waals surface area contributed by atoms with E-state index in [2.05, 4.69) is 10.3 Å². The fourth-order valence-corrected chi connectivity index (χ4v) is 2.50. The number of anilines is 1. The van der Waals surface area contributed by atoms with E-state index in [0.29, 0.717) is 0 Å². The topological polar surface area (TPSA) is 111 Å². The smallest absolute Gasteiger partial charge is 0.270 e. The third-order valence-corrected chi connectivity index (χ3v) is 3.98. The van der Waals surface area contributed by atoms with Crippen molar-refractivity contribution in [3.05, 3.63) is 50.0 Å². The first kappa shape index (κ1) is 14.9. The molecular weight excluding hydrogens is 292 g/mol. The van der Waals surface area contributed by atoms with Crippen LogP contribution in [0.1, 0.15) is 27.2 Å². The third-order valence-electron chi connectivity index (χ3n) is 2.84. The summed E-state index contributed by atoms with van der Waals surface area (Å²) in [7, 11) is 0. The number of benzene rings is 1. The van der Waals surface area contributed by atoms with Crippen LogP contribution in [0.15, 0.2) is 24.4 Å². The molecule has 3 N–H and O–H groups in total. The summed E-state index contributed by atoms with van der Waals surface area (Å²) in [6.45, 7) is 2.30. The summed E-state index contributed by atoms with van der Waals surface area (Å²) < 4.78 is 0. The Bertz CT molecular complexity index is 684. The molecule has 8 heteroatoms. The molecule has 0 unspecified atom stereocenters. The molecule has 21 heavy (non-hydrogen) atoms. The molecule has 0 atom stereocenters. The van der Waals surface area contributed by atoms with Gasteiger partial charge in [-0.2, -0.15) is 0 Å². The Morgan fingerprint density at radius 1 is 1.52 bits per heavy atom. The molecule has 0 fully saturated rings. The van der Waals surface area contributed by atoms with Crippen LogP contribution in [0, 0.1) is 10.1 Å². The Kier molecular flexibility index (Phi) is 4.49. The number of non-ortho nitro benzene ring substituents is 1. The number of carbonyl (C=O) groups is 1. The number of nitro groups is 1. The molecule has 1 aromatic heterocycles. The molecule has 1 amide bonds. The molecule has 0 spiro atoms. The highest BCUT2D eigenvalue weighted by atomic mass is 32.1. The Morgan fingerprint density at radius 2 is 2.29 bits per heavy atom. The minimum Gasteiger partial charge on any atom is -0.398 e. The maximum absolute atomic E-state index is 12.1. The lowest BCUT2D eigenvalue weighted by atomic mass is 10.1. The van der Waals surface area contributed by atoms with Crippen molar-refractivity contribution in [2.24, 2.45) is 0 Å². The van der Waals surface area contributed by atoms with Crippen LogP contribution in [-0.2, 0) is 13.0 Å². The number of rotatable bonds is 5. The van der Waals surface area contributed by atoms with Gasteiger partial charge >= 0.3 is 0 Å². The first-order valence-electron chi connectivity index (χ1n) is 6.27.